The molecule has 0 unspecified atom stereocenters. The van der Waals surface area contributed by atoms with Crippen molar-refractivity contribution in [2.75, 3.05) is 0 Å². The van der Waals surface area contributed by atoms with E-state index in [1.165, 1.54) is 12.4 Å². The van der Waals surface area contributed by atoms with E-state index in [0.29, 0.717) is 10.0 Å². The molecule has 5 heteroatoms. The maximum absolute atomic E-state index is 12.9. The lowest BCUT2D eigenvalue weighted by Gasteiger charge is -2.02. The Kier molecular flexibility index (Phi) is 1.73. The van der Waals surface area contributed by atoms with Crippen LogP contribution >= 0.6 is 15.9 Å². The molecule has 0 atom stereocenters. The first-order valence-electron chi connectivity index (χ1n) is 3.57. The highest BCUT2D eigenvalue weighted by Gasteiger charge is 2.47. The monoisotopic (exact) mass is 247 g/mol. The number of nitrogens with zero attached hydrogens (tertiary/aromatic N) is 1. The first-order chi connectivity index (χ1) is 6.02. The summed E-state index contributed by atoms with van der Waals surface area (Å²) >= 11 is 3.08. The van der Waals surface area contributed by atoms with Crippen LogP contribution in [0.4, 0.5) is 8.78 Å². The lowest BCUT2D eigenvalue weighted by Crippen LogP contribution is -2.23. The topological polar surface area (TPSA) is 30.0 Å². The second kappa shape index (κ2) is 2.57. The number of fused-ring (bicyclic) bond motifs is 1. The number of pyridine rings is 1. The third-order valence-electron chi connectivity index (χ3n) is 1.98. The van der Waals surface area contributed by atoms with Gasteiger partial charge >= 0.3 is 5.92 Å². The van der Waals surface area contributed by atoms with Gasteiger partial charge in [0.2, 0.25) is 5.78 Å². The summed E-state index contributed by atoms with van der Waals surface area (Å²) in [5.41, 5.74) is 0.379. The summed E-state index contributed by atoms with van der Waals surface area (Å²) in [4.78, 5) is 14.7. The molecule has 2 rings (SSSR count). The summed E-state index contributed by atoms with van der Waals surface area (Å²) in [6.45, 7) is 0. The fourth-order valence-corrected chi connectivity index (χ4v) is 1.81. The van der Waals surface area contributed by atoms with Crippen LogP contribution in [-0.4, -0.2) is 16.7 Å². The molecule has 1 aliphatic carbocycles. The summed E-state index contributed by atoms with van der Waals surface area (Å²) < 4.78 is 26.3. The second-order valence-electron chi connectivity index (χ2n) is 2.86. The van der Waals surface area contributed by atoms with Crippen molar-refractivity contribution in [2.45, 2.75) is 12.3 Å². The van der Waals surface area contributed by atoms with Crippen molar-refractivity contribution in [3.05, 3.63) is 28.0 Å². The van der Waals surface area contributed by atoms with Gasteiger partial charge in [0.05, 0.1) is 0 Å². The number of aromatic nitrogens is 1. The molecule has 0 aliphatic heterocycles. The molecule has 0 saturated carbocycles. The highest BCUT2D eigenvalue weighted by molar-refractivity contribution is 9.10. The zero-order valence-electron chi connectivity index (χ0n) is 6.35. The largest absolute Gasteiger partial charge is 0.313 e. The Balaban J connectivity index is 2.63. The van der Waals surface area contributed by atoms with Gasteiger partial charge in [-0.15, -0.1) is 0 Å². The number of rotatable bonds is 0. The van der Waals surface area contributed by atoms with E-state index >= 15 is 0 Å². The normalized spacial score (nSPS) is 18.8. The van der Waals surface area contributed by atoms with Crippen molar-refractivity contribution in [3.63, 3.8) is 0 Å². The number of ketones is 1. The number of Topliss-reactive ketones (excluding diaryl/α,β-unsaturated/α-hetero) is 1. The lowest BCUT2D eigenvalue weighted by atomic mass is 10.2. The molecule has 0 radical (unpaired) electrons. The van der Waals surface area contributed by atoms with Gasteiger partial charge in [0, 0.05) is 28.9 Å². The number of hydrogen-bond acceptors (Lipinski definition) is 2. The fourth-order valence-electron chi connectivity index (χ4n) is 1.34. The number of carbonyl (C=O) groups excluding carboxylic acids is 1. The molecule has 0 N–H and O–H groups in total. The van der Waals surface area contributed by atoms with Gasteiger partial charge in [-0.05, 0) is 21.5 Å². The van der Waals surface area contributed by atoms with Crippen molar-refractivity contribution in [3.8, 4) is 0 Å². The quantitative estimate of drug-likeness (QED) is 0.704. The van der Waals surface area contributed by atoms with Crippen LogP contribution in [0, 0.1) is 0 Å². The molecule has 0 bridgehead atoms. The van der Waals surface area contributed by atoms with E-state index in [2.05, 4.69) is 20.9 Å². The van der Waals surface area contributed by atoms with Crippen LogP contribution in [0.2, 0.25) is 0 Å². The van der Waals surface area contributed by atoms with Gasteiger partial charge in [0.15, 0.2) is 0 Å². The van der Waals surface area contributed by atoms with Gasteiger partial charge in [-0.25, -0.2) is 0 Å². The zero-order chi connectivity index (χ0) is 9.64. The van der Waals surface area contributed by atoms with Crippen LogP contribution in [0.25, 0.3) is 0 Å². The summed E-state index contributed by atoms with van der Waals surface area (Å²) in [6.07, 6.45) is 2.07. The molecule has 13 heavy (non-hydrogen) atoms. The van der Waals surface area contributed by atoms with Crippen LogP contribution in [0.3, 0.4) is 0 Å². The smallest absolute Gasteiger partial charge is 0.287 e. The molecule has 68 valence electrons. The van der Waals surface area contributed by atoms with Crippen LogP contribution < -0.4 is 0 Å². The van der Waals surface area contributed by atoms with Crippen LogP contribution in [-0.2, 0) is 6.42 Å². The maximum Gasteiger partial charge on any atom is 0.313 e. The summed E-state index contributed by atoms with van der Waals surface area (Å²) in [7, 11) is 0. The van der Waals surface area contributed by atoms with Gasteiger partial charge in [0.1, 0.15) is 0 Å². The molecule has 1 aliphatic rings. The average molecular weight is 248 g/mol. The number of alkyl halides is 2. The molecule has 2 nitrogen and oxygen atoms in total. The average Bonchev–Trinajstić information content (AvgIpc) is 2.28. The molecular formula is C8H4BrF2NO. The Hall–Kier alpha value is -0.840. The molecule has 1 aromatic rings. The predicted octanol–water partition coefficient (Wildman–Crippen LogP) is 2.22. The minimum Gasteiger partial charge on any atom is -0.287 e. The van der Waals surface area contributed by atoms with Gasteiger partial charge < -0.3 is 0 Å². The summed E-state index contributed by atoms with van der Waals surface area (Å²) in [5.74, 6) is -4.38. The van der Waals surface area contributed by atoms with E-state index in [9.17, 15) is 13.6 Å². The number of carbonyl (C=O) groups is 1. The van der Waals surface area contributed by atoms with E-state index in [1.807, 2.05) is 0 Å². The van der Waals surface area contributed by atoms with Crippen molar-refractivity contribution in [2.24, 2.45) is 0 Å². The molecule has 0 fully saturated rings. The Bertz CT molecular complexity index is 392. The van der Waals surface area contributed by atoms with Crippen LogP contribution in [0.1, 0.15) is 15.9 Å². The van der Waals surface area contributed by atoms with Crippen molar-refractivity contribution >= 4 is 21.7 Å². The number of hydrogen-bond donors (Lipinski definition) is 0. The molecule has 1 heterocycles. The van der Waals surface area contributed by atoms with Crippen molar-refractivity contribution < 1.29 is 13.6 Å². The third kappa shape index (κ3) is 1.18. The fraction of sp³-hybridized carbons (Fsp3) is 0.250. The Morgan fingerprint density at radius 2 is 2.15 bits per heavy atom. The Morgan fingerprint density at radius 1 is 1.46 bits per heavy atom. The molecule has 1 aromatic heterocycles. The Morgan fingerprint density at radius 3 is 2.77 bits per heavy atom. The number of halogens is 3. The Labute approximate surface area is 81.1 Å². The first kappa shape index (κ1) is 8.74. The molecule has 0 spiro atoms. The van der Waals surface area contributed by atoms with Crippen molar-refractivity contribution in [1.29, 1.82) is 0 Å². The minimum absolute atomic E-state index is 0.0272. The van der Waals surface area contributed by atoms with E-state index < -0.39 is 18.1 Å². The van der Waals surface area contributed by atoms with Crippen LogP contribution in [0.15, 0.2) is 16.9 Å². The first-order valence-corrected chi connectivity index (χ1v) is 4.36. The maximum atomic E-state index is 12.9. The minimum atomic E-state index is -3.26. The predicted molar refractivity (Wildman–Crippen MR) is 44.9 cm³/mol. The summed E-state index contributed by atoms with van der Waals surface area (Å²) in [5, 5.41) is 0. The van der Waals surface area contributed by atoms with E-state index in [-0.39, 0.29) is 5.56 Å². The van der Waals surface area contributed by atoms with Crippen LogP contribution in [0.5, 0.6) is 0 Å². The lowest BCUT2D eigenvalue weighted by molar-refractivity contribution is 0.0167. The zero-order valence-corrected chi connectivity index (χ0v) is 7.94. The SMILES string of the molecule is O=C1c2cncc(Br)c2CC1(F)F. The third-order valence-corrected chi connectivity index (χ3v) is 2.66. The highest BCUT2D eigenvalue weighted by Crippen LogP contribution is 2.37. The molecule has 0 amide bonds. The van der Waals surface area contributed by atoms with E-state index in [0.717, 1.165) is 0 Å². The molecule has 0 aromatic carbocycles. The molecule has 0 saturated heterocycles. The summed E-state index contributed by atoms with van der Waals surface area (Å²) in [6, 6.07) is 0. The van der Waals surface area contributed by atoms with E-state index in [4.69, 9.17) is 0 Å². The highest BCUT2D eigenvalue weighted by atomic mass is 79.9. The van der Waals surface area contributed by atoms with Gasteiger partial charge in [0.25, 0.3) is 0 Å². The molecular weight excluding hydrogens is 244 g/mol. The van der Waals surface area contributed by atoms with Gasteiger partial charge in [-0.2, -0.15) is 8.78 Å². The van der Waals surface area contributed by atoms with Crippen molar-refractivity contribution in [1.82, 2.24) is 4.98 Å². The standard InChI is InChI=1S/C8H4BrF2NO/c9-6-3-12-2-5-4(6)1-8(10,11)7(5)13/h2-3H,1H2. The van der Waals surface area contributed by atoms with Gasteiger partial charge in [-0.1, -0.05) is 0 Å². The second-order valence-corrected chi connectivity index (χ2v) is 3.71. The van der Waals surface area contributed by atoms with Gasteiger partial charge in [-0.3, -0.25) is 9.78 Å². The van der Waals surface area contributed by atoms with E-state index in [1.54, 1.807) is 0 Å².